The lowest BCUT2D eigenvalue weighted by molar-refractivity contribution is -0.385. The number of amides is 1. The lowest BCUT2D eigenvalue weighted by atomic mass is 9.89. The van der Waals surface area contributed by atoms with Crippen molar-refractivity contribution >= 4 is 23.2 Å². The Labute approximate surface area is 127 Å². The zero-order valence-electron chi connectivity index (χ0n) is 11.5. The van der Waals surface area contributed by atoms with Gasteiger partial charge in [-0.15, -0.1) is 0 Å². The number of nitro benzene ring substituents is 1. The van der Waals surface area contributed by atoms with Crippen molar-refractivity contribution < 1.29 is 9.72 Å². The fraction of sp³-hybridized carbons (Fsp3) is 0.533. The summed E-state index contributed by atoms with van der Waals surface area (Å²) in [5, 5.41) is 14.2. The predicted molar refractivity (Wildman–Crippen MR) is 79.4 cm³/mol. The minimum absolute atomic E-state index is 0.0376. The minimum Gasteiger partial charge on any atom is -0.352 e. The van der Waals surface area contributed by atoms with Gasteiger partial charge in [-0.3, -0.25) is 14.9 Å². The second kappa shape index (κ2) is 5.64. The fourth-order valence-corrected chi connectivity index (χ4v) is 3.97. The van der Waals surface area contributed by atoms with Gasteiger partial charge in [0.2, 0.25) is 0 Å². The first kappa shape index (κ1) is 14.3. The maximum absolute atomic E-state index is 12.2. The summed E-state index contributed by atoms with van der Waals surface area (Å²) in [7, 11) is 0. The second-order valence-corrected chi connectivity index (χ2v) is 6.50. The Kier molecular flexibility index (Phi) is 3.85. The van der Waals surface area contributed by atoms with E-state index in [0.29, 0.717) is 23.4 Å². The summed E-state index contributed by atoms with van der Waals surface area (Å²) in [4.78, 5) is 22.6. The highest BCUT2D eigenvalue weighted by Gasteiger charge is 2.39. The van der Waals surface area contributed by atoms with Crippen molar-refractivity contribution in [3.63, 3.8) is 0 Å². The Morgan fingerprint density at radius 3 is 2.81 bits per heavy atom. The Morgan fingerprint density at radius 2 is 2.19 bits per heavy atom. The van der Waals surface area contributed by atoms with Gasteiger partial charge in [-0.1, -0.05) is 18.0 Å². The number of halogens is 1. The van der Waals surface area contributed by atoms with Gasteiger partial charge < -0.3 is 5.32 Å². The number of rotatable bonds is 4. The number of nitro groups is 1. The lowest BCUT2D eigenvalue weighted by Gasteiger charge is -2.21. The lowest BCUT2D eigenvalue weighted by Crippen LogP contribution is -2.31. The van der Waals surface area contributed by atoms with E-state index in [1.165, 1.54) is 43.9 Å². The molecule has 0 aliphatic heterocycles. The number of nitrogens with zero attached hydrogens (tertiary/aromatic N) is 1. The van der Waals surface area contributed by atoms with Crippen LogP contribution in [0.4, 0.5) is 5.69 Å². The minimum atomic E-state index is -0.553. The van der Waals surface area contributed by atoms with Crippen LogP contribution in [0, 0.1) is 27.9 Å². The topological polar surface area (TPSA) is 72.2 Å². The molecule has 0 aromatic heterocycles. The molecular formula is C15H17ClN2O3. The van der Waals surface area contributed by atoms with Crippen molar-refractivity contribution in [3.8, 4) is 0 Å². The molecule has 112 valence electrons. The summed E-state index contributed by atoms with van der Waals surface area (Å²) in [6.45, 7) is 0.601. The van der Waals surface area contributed by atoms with Crippen LogP contribution in [-0.2, 0) is 0 Å². The van der Waals surface area contributed by atoms with Crippen LogP contribution < -0.4 is 5.32 Å². The van der Waals surface area contributed by atoms with Gasteiger partial charge in [-0.05, 0) is 49.1 Å². The van der Waals surface area contributed by atoms with E-state index in [4.69, 9.17) is 11.6 Å². The number of fused-ring (bicyclic) bond motifs is 2. The summed E-state index contributed by atoms with van der Waals surface area (Å²) in [6.07, 6.45) is 5.01. The normalized spacial score (nSPS) is 26.8. The average Bonchev–Trinajstić information content (AvgIpc) is 3.06. The number of hydrogen-bond acceptors (Lipinski definition) is 3. The molecule has 2 fully saturated rings. The number of hydrogen-bond donors (Lipinski definition) is 1. The van der Waals surface area contributed by atoms with Crippen LogP contribution in [0.1, 0.15) is 36.0 Å². The molecule has 3 unspecified atom stereocenters. The van der Waals surface area contributed by atoms with E-state index < -0.39 is 10.8 Å². The molecule has 2 bridgehead atoms. The molecule has 1 aromatic rings. The molecule has 3 atom stereocenters. The fourth-order valence-electron chi connectivity index (χ4n) is 3.79. The summed E-state index contributed by atoms with van der Waals surface area (Å²) < 4.78 is 0. The van der Waals surface area contributed by atoms with E-state index in [9.17, 15) is 14.9 Å². The smallest absolute Gasteiger partial charge is 0.282 e. The van der Waals surface area contributed by atoms with Gasteiger partial charge in [0.25, 0.3) is 11.6 Å². The zero-order chi connectivity index (χ0) is 15.0. The van der Waals surface area contributed by atoms with Crippen LogP contribution in [0.5, 0.6) is 0 Å². The van der Waals surface area contributed by atoms with Gasteiger partial charge in [0.1, 0.15) is 5.56 Å². The van der Waals surface area contributed by atoms with E-state index in [2.05, 4.69) is 5.32 Å². The Morgan fingerprint density at radius 1 is 1.38 bits per heavy atom. The highest BCUT2D eigenvalue weighted by atomic mass is 35.5. The van der Waals surface area contributed by atoms with Gasteiger partial charge in [0.05, 0.1) is 4.92 Å². The van der Waals surface area contributed by atoms with E-state index >= 15 is 0 Å². The van der Waals surface area contributed by atoms with Crippen molar-refractivity contribution in [2.24, 2.45) is 17.8 Å². The molecule has 1 amide bonds. The quantitative estimate of drug-likeness (QED) is 0.684. The SMILES string of the molecule is O=C(NCC1CC2CCC1C2)c1cc(Cl)ccc1[N+](=O)[O-]. The van der Waals surface area contributed by atoms with Crippen LogP contribution >= 0.6 is 11.6 Å². The van der Waals surface area contributed by atoms with Crippen LogP contribution in [0.25, 0.3) is 0 Å². The Bertz CT molecular complexity index is 590. The summed E-state index contributed by atoms with van der Waals surface area (Å²) >= 11 is 5.84. The number of carbonyl (C=O) groups excluding carboxylic acids is 1. The van der Waals surface area contributed by atoms with Gasteiger partial charge in [-0.2, -0.15) is 0 Å². The number of nitrogens with one attached hydrogen (secondary N) is 1. The molecule has 5 nitrogen and oxygen atoms in total. The second-order valence-electron chi connectivity index (χ2n) is 6.06. The maximum Gasteiger partial charge on any atom is 0.282 e. The van der Waals surface area contributed by atoms with Gasteiger partial charge in [-0.25, -0.2) is 0 Å². The molecule has 2 saturated carbocycles. The Hall–Kier alpha value is -1.62. The monoisotopic (exact) mass is 308 g/mol. The average molecular weight is 309 g/mol. The molecule has 0 heterocycles. The summed E-state index contributed by atoms with van der Waals surface area (Å²) in [5.41, 5.74) is -0.166. The van der Waals surface area contributed by atoms with Crippen molar-refractivity contribution in [2.75, 3.05) is 6.54 Å². The van der Waals surface area contributed by atoms with Gasteiger partial charge in [0, 0.05) is 17.6 Å². The first-order chi connectivity index (χ1) is 10.0. The zero-order valence-corrected chi connectivity index (χ0v) is 12.3. The van der Waals surface area contributed by atoms with E-state index in [1.807, 2.05) is 0 Å². The molecule has 2 aliphatic rings. The highest BCUT2D eigenvalue weighted by Crippen LogP contribution is 2.47. The molecule has 0 saturated heterocycles. The summed E-state index contributed by atoms with van der Waals surface area (Å²) in [5.74, 6) is 1.64. The molecule has 1 N–H and O–H groups in total. The van der Waals surface area contributed by atoms with Crippen molar-refractivity contribution in [1.29, 1.82) is 0 Å². The van der Waals surface area contributed by atoms with E-state index in [0.717, 1.165) is 5.92 Å². The molecular weight excluding hydrogens is 292 g/mol. The predicted octanol–water partition coefficient (Wildman–Crippen LogP) is 3.41. The van der Waals surface area contributed by atoms with Crippen LogP contribution in [-0.4, -0.2) is 17.4 Å². The number of carbonyl (C=O) groups is 1. The highest BCUT2D eigenvalue weighted by molar-refractivity contribution is 6.31. The largest absolute Gasteiger partial charge is 0.352 e. The molecule has 3 rings (SSSR count). The standard InChI is InChI=1S/C15H17ClN2O3/c16-12-3-4-14(18(20)21)13(7-12)15(19)17-8-11-6-9-1-2-10(11)5-9/h3-4,7,9-11H,1-2,5-6,8H2,(H,17,19). The van der Waals surface area contributed by atoms with Crippen molar-refractivity contribution in [3.05, 3.63) is 38.9 Å². The van der Waals surface area contributed by atoms with Crippen LogP contribution in [0.3, 0.4) is 0 Å². The molecule has 21 heavy (non-hydrogen) atoms. The van der Waals surface area contributed by atoms with Crippen LogP contribution in [0.15, 0.2) is 18.2 Å². The maximum atomic E-state index is 12.2. The summed E-state index contributed by atoms with van der Waals surface area (Å²) in [6, 6.07) is 4.05. The van der Waals surface area contributed by atoms with Crippen molar-refractivity contribution in [2.45, 2.75) is 25.7 Å². The van der Waals surface area contributed by atoms with Gasteiger partial charge in [0.15, 0.2) is 0 Å². The van der Waals surface area contributed by atoms with Crippen LogP contribution in [0.2, 0.25) is 5.02 Å². The molecule has 0 radical (unpaired) electrons. The molecule has 0 spiro atoms. The third kappa shape index (κ3) is 2.88. The van der Waals surface area contributed by atoms with Gasteiger partial charge >= 0.3 is 0 Å². The third-order valence-corrected chi connectivity index (χ3v) is 5.04. The molecule has 1 aromatic carbocycles. The van der Waals surface area contributed by atoms with Crippen molar-refractivity contribution in [1.82, 2.24) is 5.32 Å². The van der Waals surface area contributed by atoms with E-state index in [1.54, 1.807) is 0 Å². The Balaban J connectivity index is 1.68. The van der Waals surface area contributed by atoms with E-state index in [-0.39, 0.29) is 11.3 Å². The first-order valence-corrected chi connectivity index (χ1v) is 7.64. The molecule has 2 aliphatic carbocycles. The third-order valence-electron chi connectivity index (χ3n) is 4.81. The molecule has 6 heteroatoms. The number of benzene rings is 1. The first-order valence-electron chi connectivity index (χ1n) is 7.26.